The van der Waals surface area contributed by atoms with E-state index in [1.165, 1.54) is 6.07 Å². The Labute approximate surface area is 90.2 Å². The Bertz CT molecular complexity index is 312. The molecule has 3 heteroatoms. The molecule has 0 bridgehead atoms. The fraction of sp³-hybridized carbons (Fsp3) is 0.500. The molecule has 0 fully saturated rings. The molecule has 0 aliphatic heterocycles. The van der Waals surface area contributed by atoms with E-state index in [1.807, 2.05) is 6.92 Å². The van der Waals surface area contributed by atoms with Gasteiger partial charge in [-0.3, -0.25) is 0 Å². The molecule has 15 heavy (non-hydrogen) atoms. The molecule has 0 aliphatic carbocycles. The first-order valence-corrected chi connectivity index (χ1v) is 5.33. The number of nitrogens with two attached hydrogens (primary N) is 1. The molecule has 0 radical (unpaired) electrons. The van der Waals surface area contributed by atoms with Gasteiger partial charge in [-0.25, -0.2) is 4.39 Å². The molecule has 0 aromatic heterocycles. The maximum Gasteiger partial charge on any atom is 0.165 e. The first kappa shape index (κ1) is 12.0. The van der Waals surface area contributed by atoms with E-state index in [0.29, 0.717) is 12.4 Å². The van der Waals surface area contributed by atoms with Crippen molar-refractivity contribution in [3.05, 3.63) is 29.6 Å². The summed E-state index contributed by atoms with van der Waals surface area (Å²) in [6, 6.07) is 4.64. The Morgan fingerprint density at radius 3 is 2.80 bits per heavy atom. The van der Waals surface area contributed by atoms with Crippen LogP contribution < -0.4 is 10.5 Å². The van der Waals surface area contributed by atoms with E-state index in [-0.39, 0.29) is 11.9 Å². The smallest absolute Gasteiger partial charge is 0.165 e. The highest BCUT2D eigenvalue weighted by molar-refractivity contribution is 5.36. The lowest BCUT2D eigenvalue weighted by molar-refractivity contribution is 0.289. The van der Waals surface area contributed by atoms with E-state index in [1.54, 1.807) is 12.1 Å². The predicted octanol–water partition coefficient (Wildman–Crippen LogP) is 3.02. The molecule has 0 spiro atoms. The number of hydrogen-bond donors (Lipinski definition) is 1. The minimum Gasteiger partial charge on any atom is -0.490 e. The molecule has 0 saturated carbocycles. The molecule has 0 heterocycles. The Balaban J connectivity index is 2.82. The van der Waals surface area contributed by atoms with E-state index in [9.17, 15) is 4.39 Å². The Morgan fingerprint density at radius 2 is 2.20 bits per heavy atom. The number of benzene rings is 1. The van der Waals surface area contributed by atoms with Crippen LogP contribution in [0.3, 0.4) is 0 Å². The largest absolute Gasteiger partial charge is 0.490 e. The number of ether oxygens (including phenoxy) is 1. The van der Waals surface area contributed by atoms with Gasteiger partial charge in [0.25, 0.3) is 0 Å². The van der Waals surface area contributed by atoms with Gasteiger partial charge in [0.1, 0.15) is 0 Å². The van der Waals surface area contributed by atoms with Crippen molar-refractivity contribution in [3.8, 4) is 5.75 Å². The molecule has 2 nitrogen and oxygen atoms in total. The Morgan fingerprint density at radius 1 is 1.47 bits per heavy atom. The monoisotopic (exact) mass is 211 g/mol. The molecular weight excluding hydrogens is 193 g/mol. The van der Waals surface area contributed by atoms with Crippen LogP contribution in [0.25, 0.3) is 0 Å². The molecule has 1 aromatic rings. The SMILES string of the molecule is CCCCOc1c(F)cccc1[C@H](C)N. The molecule has 0 unspecified atom stereocenters. The molecule has 1 rings (SSSR count). The summed E-state index contributed by atoms with van der Waals surface area (Å²) in [4.78, 5) is 0. The van der Waals surface area contributed by atoms with Gasteiger partial charge in [0.15, 0.2) is 11.6 Å². The van der Waals surface area contributed by atoms with Crippen LogP contribution in [0.2, 0.25) is 0 Å². The average Bonchev–Trinajstić information content (AvgIpc) is 2.20. The second-order valence-corrected chi connectivity index (χ2v) is 3.65. The lowest BCUT2D eigenvalue weighted by Gasteiger charge is -2.14. The van der Waals surface area contributed by atoms with Gasteiger partial charge in [-0.2, -0.15) is 0 Å². The number of hydrogen-bond acceptors (Lipinski definition) is 2. The van der Waals surface area contributed by atoms with E-state index in [0.717, 1.165) is 18.4 Å². The summed E-state index contributed by atoms with van der Waals surface area (Å²) in [5.41, 5.74) is 6.47. The minimum atomic E-state index is -0.332. The van der Waals surface area contributed by atoms with Gasteiger partial charge in [-0.05, 0) is 19.4 Å². The summed E-state index contributed by atoms with van der Waals surface area (Å²) in [6.45, 7) is 4.43. The lowest BCUT2D eigenvalue weighted by atomic mass is 10.1. The fourth-order valence-corrected chi connectivity index (χ4v) is 1.35. The van der Waals surface area contributed by atoms with E-state index < -0.39 is 0 Å². The van der Waals surface area contributed by atoms with Crippen LogP contribution in [0.4, 0.5) is 4.39 Å². The van der Waals surface area contributed by atoms with Crippen molar-refractivity contribution in [2.75, 3.05) is 6.61 Å². The van der Waals surface area contributed by atoms with Crippen LogP contribution in [-0.4, -0.2) is 6.61 Å². The highest BCUT2D eigenvalue weighted by Gasteiger charge is 2.12. The molecule has 0 aliphatic rings. The first-order chi connectivity index (χ1) is 7.16. The summed E-state index contributed by atoms with van der Waals surface area (Å²) in [7, 11) is 0. The maximum atomic E-state index is 13.5. The third-order valence-electron chi connectivity index (χ3n) is 2.23. The summed E-state index contributed by atoms with van der Waals surface area (Å²) in [5.74, 6) is -0.0261. The molecule has 0 amide bonds. The maximum absolute atomic E-state index is 13.5. The van der Waals surface area contributed by atoms with E-state index >= 15 is 0 Å². The Hall–Kier alpha value is -1.09. The van der Waals surface area contributed by atoms with Crippen molar-refractivity contribution in [2.24, 2.45) is 5.73 Å². The van der Waals surface area contributed by atoms with Crippen LogP contribution >= 0.6 is 0 Å². The first-order valence-electron chi connectivity index (χ1n) is 5.33. The van der Waals surface area contributed by atoms with Crippen LogP contribution in [-0.2, 0) is 0 Å². The zero-order valence-corrected chi connectivity index (χ0v) is 9.29. The average molecular weight is 211 g/mol. The molecule has 1 atom stereocenters. The Kier molecular flexibility index (Phi) is 4.56. The van der Waals surface area contributed by atoms with Crippen LogP contribution in [0.15, 0.2) is 18.2 Å². The van der Waals surface area contributed by atoms with Gasteiger partial charge in [0, 0.05) is 11.6 Å². The number of unbranched alkanes of at least 4 members (excludes halogenated alkanes) is 1. The van der Waals surface area contributed by atoms with E-state index in [2.05, 4.69) is 6.92 Å². The summed E-state index contributed by atoms with van der Waals surface area (Å²) >= 11 is 0. The molecular formula is C12H18FNO. The quantitative estimate of drug-likeness (QED) is 0.760. The van der Waals surface area contributed by atoms with Crippen molar-refractivity contribution in [3.63, 3.8) is 0 Å². The normalized spacial score (nSPS) is 12.5. The van der Waals surface area contributed by atoms with E-state index in [4.69, 9.17) is 10.5 Å². The van der Waals surface area contributed by atoms with Gasteiger partial charge in [0.2, 0.25) is 0 Å². The standard InChI is InChI=1S/C12H18FNO/c1-3-4-8-15-12-10(9(2)14)6-5-7-11(12)13/h5-7,9H,3-4,8,14H2,1-2H3/t9-/m0/s1. The summed E-state index contributed by atoms with van der Waals surface area (Å²) in [6.07, 6.45) is 1.95. The molecule has 1 aromatic carbocycles. The number of halogens is 1. The summed E-state index contributed by atoms with van der Waals surface area (Å²) < 4.78 is 18.9. The van der Waals surface area contributed by atoms with Crippen molar-refractivity contribution in [1.29, 1.82) is 0 Å². The zero-order valence-electron chi connectivity index (χ0n) is 9.29. The van der Waals surface area contributed by atoms with Gasteiger partial charge in [-0.15, -0.1) is 0 Å². The van der Waals surface area contributed by atoms with Gasteiger partial charge >= 0.3 is 0 Å². The molecule has 84 valence electrons. The van der Waals surface area contributed by atoms with Crippen LogP contribution in [0.5, 0.6) is 5.75 Å². The predicted molar refractivity (Wildman–Crippen MR) is 59.4 cm³/mol. The molecule has 0 saturated heterocycles. The van der Waals surface area contributed by atoms with Crippen molar-refractivity contribution < 1.29 is 9.13 Å². The van der Waals surface area contributed by atoms with Crippen LogP contribution in [0.1, 0.15) is 38.3 Å². The van der Waals surface area contributed by atoms with Gasteiger partial charge in [-0.1, -0.05) is 25.5 Å². The zero-order chi connectivity index (χ0) is 11.3. The highest BCUT2D eigenvalue weighted by Crippen LogP contribution is 2.27. The van der Waals surface area contributed by atoms with Gasteiger partial charge < -0.3 is 10.5 Å². The van der Waals surface area contributed by atoms with Crippen molar-refractivity contribution in [2.45, 2.75) is 32.7 Å². The third-order valence-corrected chi connectivity index (χ3v) is 2.23. The number of rotatable bonds is 5. The molecule has 2 N–H and O–H groups in total. The second kappa shape index (κ2) is 5.71. The fourth-order valence-electron chi connectivity index (χ4n) is 1.35. The highest BCUT2D eigenvalue weighted by atomic mass is 19.1. The minimum absolute atomic E-state index is 0.211. The summed E-state index contributed by atoms with van der Waals surface area (Å²) in [5, 5.41) is 0. The second-order valence-electron chi connectivity index (χ2n) is 3.65. The van der Waals surface area contributed by atoms with Crippen molar-refractivity contribution >= 4 is 0 Å². The van der Waals surface area contributed by atoms with Gasteiger partial charge in [0.05, 0.1) is 6.61 Å². The lowest BCUT2D eigenvalue weighted by Crippen LogP contribution is -2.09. The topological polar surface area (TPSA) is 35.2 Å². The van der Waals surface area contributed by atoms with Crippen LogP contribution in [0, 0.1) is 5.82 Å². The number of para-hydroxylation sites is 1. The third kappa shape index (κ3) is 3.20. The van der Waals surface area contributed by atoms with Crippen molar-refractivity contribution in [1.82, 2.24) is 0 Å².